The number of nitrogens with zero attached hydrogens (tertiary/aromatic N) is 2. The number of carbonyl (C=O) groups excluding carboxylic acids is 1. The van der Waals surface area contributed by atoms with Crippen molar-refractivity contribution in [2.75, 3.05) is 31.3 Å². The maximum atomic E-state index is 12.6. The number of hydrogen-bond acceptors (Lipinski definition) is 7. The van der Waals surface area contributed by atoms with E-state index in [0.717, 1.165) is 11.1 Å². The van der Waals surface area contributed by atoms with Gasteiger partial charge in [0.25, 0.3) is 5.91 Å². The van der Waals surface area contributed by atoms with Crippen LogP contribution in [0.1, 0.15) is 18.1 Å². The van der Waals surface area contributed by atoms with Gasteiger partial charge in [0.15, 0.2) is 12.7 Å². The number of aliphatic carboxylic acids is 1. The smallest absolute Gasteiger partial charge is 0.333 e. The van der Waals surface area contributed by atoms with Crippen molar-refractivity contribution < 1.29 is 34.1 Å². The van der Waals surface area contributed by atoms with Gasteiger partial charge in [-0.2, -0.15) is 0 Å². The molecule has 37 heavy (non-hydrogen) atoms. The Labute approximate surface area is 215 Å². The van der Waals surface area contributed by atoms with Gasteiger partial charge in [0, 0.05) is 18.9 Å². The summed E-state index contributed by atoms with van der Waals surface area (Å²) in [5.41, 5.74) is 3.12. The molecule has 2 N–H and O–H groups in total. The maximum Gasteiger partial charge on any atom is 0.333 e. The van der Waals surface area contributed by atoms with Crippen LogP contribution in [0.3, 0.4) is 0 Å². The van der Waals surface area contributed by atoms with E-state index in [9.17, 15) is 19.9 Å². The summed E-state index contributed by atoms with van der Waals surface area (Å²) in [6, 6.07) is 12.9. The molecule has 0 saturated heterocycles. The Morgan fingerprint density at radius 1 is 1.19 bits per heavy atom. The highest BCUT2D eigenvalue weighted by Gasteiger charge is 2.26. The molecule has 0 spiro atoms. The van der Waals surface area contributed by atoms with Crippen LogP contribution in [0.15, 0.2) is 71.9 Å². The summed E-state index contributed by atoms with van der Waals surface area (Å²) in [5, 5.41) is 21.9. The summed E-state index contributed by atoms with van der Waals surface area (Å²) in [6.07, 6.45) is 7.55. The number of fused-ring (bicyclic) bond motifs is 1. The molecule has 1 aliphatic heterocycles. The first-order chi connectivity index (χ1) is 18.0. The molecule has 0 bridgehead atoms. The first kappa shape index (κ1) is 26.0. The molecular weight excluding hydrogens is 476 g/mol. The highest BCUT2D eigenvalue weighted by molar-refractivity contribution is 5.99. The molecule has 2 aromatic carbocycles. The molecule has 2 aliphatic rings. The van der Waals surface area contributed by atoms with E-state index in [1.807, 2.05) is 48.6 Å². The van der Waals surface area contributed by atoms with Crippen molar-refractivity contribution in [2.45, 2.75) is 25.9 Å². The number of anilines is 1. The largest absolute Gasteiger partial charge is 0.492 e. The second-order valence-electron chi connectivity index (χ2n) is 8.69. The third-order valence-corrected chi connectivity index (χ3v) is 6.21. The zero-order valence-electron chi connectivity index (χ0n) is 20.6. The molecule has 2 aromatic rings. The van der Waals surface area contributed by atoms with Crippen molar-refractivity contribution >= 4 is 23.3 Å². The van der Waals surface area contributed by atoms with E-state index in [1.165, 1.54) is 0 Å². The second-order valence-corrected chi connectivity index (χ2v) is 8.69. The van der Waals surface area contributed by atoms with E-state index >= 15 is 0 Å². The van der Waals surface area contributed by atoms with Gasteiger partial charge in [-0.3, -0.25) is 4.79 Å². The molecule has 9 heteroatoms. The van der Waals surface area contributed by atoms with Crippen LogP contribution in [-0.2, 0) is 27.2 Å². The standard InChI is InChI=1S/C28H30N2O7/c1-2-35-26(28(32)33)16-19-7-10-22(11-8-19)36-14-13-30-24-12-9-20(17-25(24)37-18-27(30)31)15-21-5-3-4-6-23(21)29-34/h3-12,17,21,26,34H,2,13-16,18H2,1H3,(H,32,33). The highest BCUT2D eigenvalue weighted by Crippen LogP contribution is 2.34. The fourth-order valence-electron chi connectivity index (χ4n) is 4.34. The van der Waals surface area contributed by atoms with Crippen molar-refractivity contribution in [3.8, 4) is 11.5 Å². The molecule has 0 fully saturated rings. The molecule has 194 valence electrons. The summed E-state index contributed by atoms with van der Waals surface area (Å²) in [6.45, 7) is 2.67. The van der Waals surface area contributed by atoms with Crippen molar-refractivity contribution in [1.29, 1.82) is 0 Å². The molecule has 0 aromatic heterocycles. The van der Waals surface area contributed by atoms with Gasteiger partial charge < -0.3 is 29.4 Å². The van der Waals surface area contributed by atoms with E-state index in [-0.39, 0.29) is 31.5 Å². The zero-order chi connectivity index (χ0) is 26.2. The Morgan fingerprint density at radius 3 is 2.70 bits per heavy atom. The van der Waals surface area contributed by atoms with Gasteiger partial charge in [-0.1, -0.05) is 41.6 Å². The molecule has 0 radical (unpaired) electrons. The lowest BCUT2D eigenvalue weighted by molar-refractivity contribution is -0.149. The number of amides is 1. The van der Waals surface area contributed by atoms with Gasteiger partial charge in [-0.25, -0.2) is 4.79 Å². The Morgan fingerprint density at radius 2 is 1.97 bits per heavy atom. The molecule has 0 saturated carbocycles. The fraction of sp³-hybridized carbons (Fsp3) is 0.321. The van der Waals surface area contributed by atoms with Gasteiger partial charge in [0.2, 0.25) is 0 Å². The monoisotopic (exact) mass is 506 g/mol. The van der Waals surface area contributed by atoms with Gasteiger partial charge in [-0.05, 0) is 54.8 Å². The molecule has 1 aliphatic carbocycles. The van der Waals surface area contributed by atoms with E-state index in [4.69, 9.17) is 14.2 Å². The third kappa shape index (κ3) is 6.56. The quantitative estimate of drug-likeness (QED) is 0.353. The summed E-state index contributed by atoms with van der Waals surface area (Å²) in [4.78, 5) is 25.5. The van der Waals surface area contributed by atoms with Crippen LogP contribution in [0.4, 0.5) is 5.69 Å². The number of ether oxygens (including phenoxy) is 3. The highest BCUT2D eigenvalue weighted by atomic mass is 16.5. The minimum Gasteiger partial charge on any atom is -0.492 e. The van der Waals surface area contributed by atoms with E-state index in [0.29, 0.717) is 42.5 Å². The lowest BCUT2D eigenvalue weighted by Gasteiger charge is -2.30. The predicted octanol–water partition coefficient (Wildman–Crippen LogP) is 3.64. The third-order valence-electron chi connectivity index (χ3n) is 6.21. The Balaban J connectivity index is 1.35. The number of carboxylic acids is 1. The van der Waals surface area contributed by atoms with E-state index in [2.05, 4.69) is 5.16 Å². The van der Waals surface area contributed by atoms with Crippen molar-refractivity contribution in [2.24, 2.45) is 11.1 Å². The normalized spacial score (nSPS) is 18.4. The van der Waals surface area contributed by atoms with Crippen LogP contribution in [0.2, 0.25) is 0 Å². The molecule has 1 heterocycles. The van der Waals surface area contributed by atoms with Gasteiger partial charge in [0.1, 0.15) is 18.1 Å². The number of benzene rings is 2. The lowest BCUT2D eigenvalue weighted by atomic mass is 9.91. The Bertz CT molecular complexity index is 1200. The van der Waals surface area contributed by atoms with Crippen LogP contribution in [0.25, 0.3) is 0 Å². The summed E-state index contributed by atoms with van der Waals surface area (Å²) >= 11 is 0. The Hall–Kier alpha value is -4.11. The topological polar surface area (TPSA) is 118 Å². The average molecular weight is 507 g/mol. The minimum atomic E-state index is -0.989. The lowest BCUT2D eigenvalue weighted by Crippen LogP contribution is -2.41. The van der Waals surface area contributed by atoms with Gasteiger partial charge in [0.05, 0.1) is 17.9 Å². The summed E-state index contributed by atoms with van der Waals surface area (Å²) in [5.74, 6) is 0.0746. The van der Waals surface area contributed by atoms with E-state index in [1.54, 1.807) is 30.0 Å². The summed E-state index contributed by atoms with van der Waals surface area (Å²) in [7, 11) is 0. The van der Waals surface area contributed by atoms with Crippen molar-refractivity contribution in [3.05, 3.63) is 77.9 Å². The Kier molecular flexibility index (Phi) is 8.58. The predicted molar refractivity (Wildman–Crippen MR) is 138 cm³/mol. The van der Waals surface area contributed by atoms with Crippen molar-refractivity contribution in [3.63, 3.8) is 0 Å². The van der Waals surface area contributed by atoms with Gasteiger partial charge >= 0.3 is 5.97 Å². The molecule has 9 nitrogen and oxygen atoms in total. The second kappa shape index (κ2) is 12.2. The average Bonchev–Trinajstić information content (AvgIpc) is 2.91. The van der Waals surface area contributed by atoms with Crippen LogP contribution in [0, 0.1) is 5.92 Å². The number of rotatable bonds is 11. The van der Waals surface area contributed by atoms with Gasteiger partial charge in [-0.15, -0.1) is 0 Å². The number of allylic oxidation sites excluding steroid dienone is 4. The molecule has 2 unspecified atom stereocenters. The number of hydrogen-bond donors (Lipinski definition) is 2. The van der Waals surface area contributed by atoms with Crippen LogP contribution in [0.5, 0.6) is 11.5 Å². The molecule has 4 rings (SSSR count). The first-order valence-corrected chi connectivity index (χ1v) is 12.2. The van der Waals surface area contributed by atoms with Crippen molar-refractivity contribution in [1.82, 2.24) is 0 Å². The molecule has 2 atom stereocenters. The van der Waals surface area contributed by atoms with Crippen LogP contribution >= 0.6 is 0 Å². The van der Waals surface area contributed by atoms with Crippen LogP contribution < -0.4 is 14.4 Å². The number of oxime groups is 1. The molecular formula is C28H30N2O7. The fourth-order valence-corrected chi connectivity index (χ4v) is 4.34. The number of carboxylic acid groups (broad SMARTS) is 1. The minimum absolute atomic E-state index is 0.0386. The van der Waals surface area contributed by atoms with Crippen LogP contribution in [-0.4, -0.2) is 60.4 Å². The number of carbonyl (C=O) groups is 2. The molecule has 1 amide bonds. The summed E-state index contributed by atoms with van der Waals surface area (Å²) < 4.78 is 16.8. The first-order valence-electron chi connectivity index (χ1n) is 12.2. The maximum absolute atomic E-state index is 12.6. The SMILES string of the molecule is CCOC(Cc1ccc(OCCN2C(=O)COc3cc(CC4C=CC=CC4=NO)ccc32)cc1)C(=O)O. The van der Waals surface area contributed by atoms with E-state index < -0.39 is 12.1 Å². The zero-order valence-corrected chi connectivity index (χ0v) is 20.6.